The predicted octanol–water partition coefficient (Wildman–Crippen LogP) is 5.95. The lowest BCUT2D eigenvalue weighted by atomic mass is 10.1. The fourth-order valence-electron chi connectivity index (χ4n) is 2.94. The first-order valence-corrected chi connectivity index (χ1v) is 10.5. The maximum Gasteiger partial charge on any atom is 0.255 e. The summed E-state index contributed by atoms with van der Waals surface area (Å²) in [6, 6.07) is 12.6. The van der Waals surface area contributed by atoms with E-state index in [2.05, 4.69) is 17.6 Å². The van der Waals surface area contributed by atoms with Gasteiger partial charge in [0.1, 0.15) is 5.75 Å². The molecule has 2 aromatic carbocycles. The summed E-state index contributed by atoms with van der Waals surface area (Å²) in [5, 5.41) is 5.77. The van der Waals surface area contributed by atoms with Crippen molar-refractivity contribution in [2.75, 3.05) is 17.2 Å². The molecule has 0 radical (unpaired) electrons. The number of anilines is 2. The number of nitrogens with one attached hydrogen (secondary N) is 2. The van der Waals surface area contributed by atoms with Gasteiger partial charge in [-0.25, -0.2) is 0 Å². The maximum absolute atomic E-state index is 12.6. The standard InChI is InChI=1S/C24H32N2O3/c1-4-6-7-8-9-17-29-20-15-13-19(14-16-20)24(28)26-22-12-10-11-21(18(22)3)25-23(27)5-2/h10-16H,4-9,17H2,1-3H3,(H,25,27)(H,26,28). The number of carbonyl (C=O) groups is 2. The molecule has 2 rings (SSSR count). The molecule has 5 nitrogen and oxygen atoms in total. The molecule has 2 N–H and O–H groups in total. The topological polar surface area (TPSA) is 67.4 Å². The maximum atomic E-state index is 12.6. The van der Waals surface area contributed by atoms with Crippen molar-refractivity contribution < 1.29 is 14.3 Å². The lowest BCUT2D eigenvalue weighted by Crippen LogP contribution is -2.15. The third-order valence-electron chi connectivity index (χ3n) is 4.81. The first-order valence-electron chi connectivity index (χ1n) is 10.5. The predicted molar refractivity (Wildman–Crippen MR) is 119 cm³/mol. The number of benzene rings is 2. The van der Waals surface area contributed by atoms with Crippen LogP contribution in [0.25, 0.3) is 0 Å². The second-order valence-corrected chi connectivity index (χ2v) is 7.12. The van der Waals surface area contributed by atoms with Crippen molar-refractivity contribution in [1.82, 2.24) is 0 Å². The molecule has 0 atom stereocenters. The Morgan fingerprint density at radius 3 is 2.17 bits per heavy atom. The van der Waals surface area contributed by atoms with Crippen molar-refractivity contribution in [3.05, 3.63) is 53.6 Å². The Kier molecular flexibility index (Phi) is 9.22. The Morgan fingerprint density at radius 1 is 0.862 bits per heavy atom. The molecule has 0 spiro atoms. The number of hydrogen-bond donors (Lipinski definition) is 2. The molecular weight excluding hydrogens is 364 g/mol. The highest BCUT2D eigenvalue weighted by Crippen LogP contribution is 2.24. The summed E-state index contributed by atoms with van der Waals surface area (Å²) in [4.78, 5) is 24.2. The van der Waals surface area contributed by atoms with Crippen molar-refractivity contribution >= 4 is 23.2 Å². The second-order valence-electron chi connectivity index (χ2n) is 7.12. The largest absolute Gasteiger partial charge is 0.494 e. The van der Waals surface area contributed by atoms with Gasteiger partial charge in [0.2, 0.25) is 5.91 Å². The van der Waals surface area contributed by atoms with Crippen LogP contribution in [0.5, 0.6) is 5.75 Å². The Bertz CT molecular complexity index is 800. The van der Waals surface area contributed by atoms with Crippen LogP contribution >= 0.6 is 0 Å². The van der Waals surface area contributed by atoms with Crippen LogP contribution in [0.3, 0.4) is 0 Å². The SMILES string of the molecule is CCCCCCCOc1ccc(C(=O)Nc2cccc(NC(=O)CC)c2C)cc1. The molecule has 2 amide bonds. The van der Waals surface area contributed by atoms with Crippen LogP contribution in [0.2, 0.25) is 0 Å². The zero-order valence-electron chi connectivity index (χ0n) is 17.7. The van der Waals surface area contributed by atoms with Gasteiger partial charge in [0.05, 0.1) is 6.61 Å². The normalized spacial score (nSPS) is 10.4. The molecule has 0 aliphatic carbocycles. The number of ether oxygens (including phenoxy) is 1. The molecule has 5 heteroatoms. The summed E-state index contributed by atoms with van der Waals surface area (Å²) in [5.74, 6) is 0.521. The molecule has 0 aromatic heterocycles. The molecule has 0 fully saturated rings. The van der Waals surface area contributed by atoms with Gasteiger partial charge in [0.15, 0.2) is 0 Å². The van der Waals surface area contributed by atoms with Crippen molar-refractivity contribution in [2.45, 2.75) is 59.3 Å². The number of rotatable bonds is 11. The average molecular weight is 397 g/mol. The molecule has 29 heavy (non-hydrogen) atoms. The van der Waals surface area contributed by atoms with Crippen LogP contribution in [0.4, 0.5) is 11.4 Å². The Balaban J connectivity index is 1.91. The lowest BCUT2D eigenvalue weighted by molar-refractivity contribution is -0.115. The van der Waals surface area contributed by atoms with E-state index in [9.17, 15) is 9.59 Å². The minimum Gasteiger partial charge on any atom is -0.494 e. The Labute approximate surface area is 173 Å². The Morgan fingerprint density at radius 2 is 1.52 bits per heavy atom. The van der Waals surface area contributed by atoms with Crippen molar-refractivity contribution in [3.63, 3.8) is 0 Å². The molecule has 0 bridgehead atoms. The average Bonchev–Trinajstić information content (AvgIpc) is 2.73. The van der Waals surface area contributed by atoms with Crippen LogP contribution in [0.15, 0.2) is 42.5 Å². The highest BCUT2D eigenvalue weighted by atomic mass is 16.5. The lowest BCUT2D eigenvalue weighted by Gasteiger charge is -2.13. The van der Waals surface area contributed by atoms with Crippen LogP contribution < -0.4 is 15.4 Å². The zero-order chi connectivity index (χ0) is 21.1. The van der Waals surface area contributed by atoms with Gasteiger partial charge in [0, 0.05) is 23.4 Å². The van der Waals surface area contributed by atoms with E-state index < -0.39 is 0 Å². The summed E-state index contributed by atoms with van der Waals surface area (Å²) in [6.07, 6.45) is 6.40. The van der Waals surface area contributed by atoms with E-state index >= 15 is 0 Å². The van der Waals surface area contributed by atoms with Crippen LogP contribution in [0.1, 0.15) is 68.3 Å². The van der Waals surface area contributed by atoms with Crippen LogP contribution in [-0.2, 0) is 4.79 Å². The molecular formula is C24H32N2O3. The van der Waals surface area contributed by atoms with E-state index in [0.717, 1.165) is 17.7 Å². The fraction of sp³-hybridized carbons (Fsp3) is 0.417. The highest BCUT2D eigenvalue weighted by molar-refractivity contribution is 6.05. The monoisotopic (exact) mass is 396 g/mol. The summed E-state index contributed by atoms with van der Waals surface area (Å²) < 4.78 is 5.75. The van der Waals surface area contributed by atoms with E-state index in [1.54, 1.807) is 19.1 Å². The van der Waals surface area contributed by atoms with E-state index in [1.165, 1.54) is 25.7 Å². The van der Waals surface area contributed by atoms with Gasteiger partial charge in [-0.15, -0.1) is 0 Å². The summed E-state index contributed by atoms with van der Waals surface area (Å²) in [5.41, 5.74) is 2.77. The van der Waals surface area contributed by atoms with Gasteiger partial charge < -0.3 is 15.4 Å². The summed E-state index contributed by atoms with van der Waals surface area (Å²) >= 11 is 0. The molecule has 0 unspecified atom stereocenters. The third-order valence-corrected chi connectivity index (χ3v) is 4.81. The van der Waals surface area contributed by atoms with Gasteiger partial charge in [-0.3, -0.25) is 9.59 Å². The van der Waals surface area contributed by atoms with Gasteiger partial charge >= 0.3 is 0 Å². The van der Waals surface area contributed by atoms with Crippen LogP contribution in [0, 0.1) is 6.92 Å². The first kappa shape index (κ1) is 22.5. The quantitative estimate of drug-likeness (QED) is 0.462. The van der Waals surface area contributed by atoms with Crippen molar-refractivity contribution in [2.24, 2.45) is 0 Å². The molecule has 0 saturated heterocycles. The molecule has 0 heterocycles. The first-order chi connectivity index (χ1) is 14.0. The summed E-state index contributed by atoms with van der Waals surface area (Å²) in [6.45, 7) is 6.58. The van der Waals surface area contributed by atoms with Gasteiger partial charge in [-0.2, -0.15) is 0 Å². The molecule has 0 aliphatic heterocycles. The van der Waals surface area contributed by atoms with Gasteiger partial charge in [-0.1, -0.05) is 45.6 Å². The number of hydrogen-bond acceptors (Lipinski definition) is 3. The van der Waals surface area contributed by atoms with Gasteiger partial charge in [0.25, 0.3) is 5.91 Å². The minimum atomic E-state index is -0.196. The van der Waals surface area contributed by atoms with E-state index in [-0.39, 0.29) is 11.8 Å². The van der Waals surface area contributed by atoms with Crippen molar-refractivity contribution in [3.8, 4) is 5.75 Å². The number of carbonyl (C=O) groups excluding carboxylic acids is 2. The Hall–Kier alpha value is -2.82. The fourth-order valence-corrected chi connectivity index (χ4v) is 2.94. The zero-order valence-corrected chi connectivity index (χ0v) is 17.7. The molecule has 156 valence electrons. The van der Waals surface area contributed by atoms with Crippen LogP contribution in [-0.4, -0.2) is 18.4 Å². The van der Waals surface area contributed by atoms with E-state index in [4.69, 9.17) is 4.74 Å². The number of amides is 2. The summed E-state index contributed by atoms with van der Waals surface area (Å²) in [7, 11) is 0. The van der Waals surface area contributed by atoms with Gasteiger partial charge in [-0.05, 0) is 55.3 Å². The second kappa shape index (κ2) is 11.9. The van der Waals surface area contributed by atoms with E-state index in [1.807, 2.05) is 37.3 Å². The minimum absolute atomic E-state index is 0.0578. The molecule has 2 aromatic rings. The number of unbranched alkanes of at least 4 members (excludes halogenated alkanes) is 4. The van der Waals surface area contributed by atoms with Crippen molar-refractivity contribution in [1.29, 1.82) is 0 Å². The molecule has 0 saturated carbocycles. The smallest absolute Gasteiger partial charge is 0.255 e. The third kappa shape index (κ3) is 7.26. The van der Waals surface area contributed by atoms with E-state index in [0.29, 0.717) is 30.0 Å². The highest BCUT2D eigenvalue weighted by Gasteiger charge is 2.11. The molecule has 0 aliphatic rings.